The highest BCUT2D eigenvalue weighted by atomic mass is 19.3. The third kappa shape index (κ3) is 4.82. The first-order valence-electron chi connectivity index (χ1n) is 5.24. The fourth-order valence-corrected chi connectivity index (χ4v) is 1.18. The van der Waals surface area contributed by atoms with Crippen molar-refractivity contribution in [3.05, 3.63) is 30.1 Å². The maximum Gasteiger partial charge on any atom is 0.319 e. The van der Waals surface area contributed by atoms with Gasteiger partial charge in [0.15, 0.2) is 0 Å². The lowest BCUT2D eigenvalue weighted by molar-refractivity contribution is -0.127. The van der Waals surface area contributed by atoms with E-state index in [0.29, 0.717) is 0 Å². The summed E-state index contributed by atoms with van der Waals surface area (Å²) >= 11 is 0. The van der Waals surface area contributed by atoms with E-state index >= 15 is 0 Å². The fourth-order valence-electron chi connectivity index (χ4n) is 1.18. The first-order chi connectivity index (χ1) is 8.83. The number of halogens is 5. The molecule has 0 spiro atoms. The summed E-state index contributed by atoms with van der Waals surface area (Å²) in [6, 6.07) is 5.26. The minimum atomic E-state index is -4.21. The average Bonchev–Trinajstić information content (AvgIpc) is 2.31. The Labute approximate surface area is 105 Å². The van der Waals surface area contributed by atoms with Crippen molar-refractivity contribution in [1.29, 1.82) is 0 Å². The van der Waals surface area contributed by atoms with E-state index in [0.717, 1.165) is 6.07 Å². The Hall–Kier alpha value is -1.70. The predicted molar refractivity (Wildman–Crippen MR) is 58.9 cm³/mol. The van der Waals surface area contributed by atoms with E-state index in [9.17, 15) is 26.7 Å². The highest BCUT2D eigenvalue weighted by molar-refractivity contribution is 5.92. The van der Waals surface area contributed by atoms with Crippen LogP contribution in [0, 0.1) is 5.82 Å². The lowest BCUT2D eigenvalue weighted by Gasteiger charge is -2.15. The molecule has 0 radical (unpaired) electrons. The van der Waals surface area contributed by atoms with Crippen LogP contribution in [0.5, 0.6) is 0 Å². The van der Waals surface area contributed by atoms with E-state index in [1.807, 2.05) is 5.32 Å². The number of anilines is 1. The average molecular weight is 282 g/mol. The van der Waals surface area contributed by atoms with Crippen LogP contribution in [0.4, 0.5) is 27.6 Å². The molecule has 8 heteroatoms. The molecule has 0 saturated heterocycles. The Balaban J connectivity index is 2.39. The van der Waals surface area contributed by atoms with Crippen molar-refractivity contribution < 1.29 is 26.7 Å². The quantitative estimate of drug-likeness (QED) is 0.786. The minimum absolute atomic E-state index is 0.116. The molecule has 1 rings (SSSR count). The van der Waals surface area contributed by atoms with E-state index in [-0.39, 0.29) is 5.69 Å². The normalized spacial score (nSPS) is 11.7. The van der Waals surface area contributed by atoms with Crippen LogP contribution in [0.15, 0.2) is 24.3 Å². The first-order valence-corrected chi connectivity index (χ1v) is 5.24. The van der Waals surface area contributed by atoms with Crippen molar-refractivity contribution in [3.63, 3.8) is 0 Å². The van der Waals surface area contributed by atoms with Gasteiger partial charge >= 0.3 is 12.3 Å². The van der Waals surface area contributed by atoms with Gasteiger partial charge in [0.1, 0.15) is 5.82 Å². The Morgan fingerprint density at radius 2 is 1.89 bits per heavy atom. The van der Waals surface area contributed by atoms with Gasteiger partial charge in [-0.05, 0) is 12.1 Å². The van der Waals surface area contributed by atoms with E-state index in [1.165, 1.54) is 18.2 Å². The monoisotopic (exact) mass is 282 g/mol. The molecular formula is C11H11F5N2O. The van der Waals surface area contributed by atoms with E-state index in [2.05, 4.69) is 5.32 Å². The van der Waals surface area contributed by atoms with Gasteiger partial charge in [-0.25, -0.2) is 13.2 Å². The molecular weight excluding hydrogens is 271 g/mol. The van der Waals surface area contributed by atoms with Crippen LogP contribution in [0.25, 0.3) is 0 Å². The standard InChI is InChI=1S/C11H11F5N2O/c12-7-3-1-2-4-8(7)18-9(19)5-17-6-11(15,16)10(13)14/h1-4,10,17H,5-6H2,(H,18,19). The maximum atomic E-state index is 13.1. The zero-order chi connectivity index (χ0) is 14.5. The fraction of sp³-hybridized carbons (Fsp3) is 0.364. The zero-order valence-electron chi connectivity index (χ0n) is 9.60. The van der Waals surface area contributed by atoms with Gasteiger partial charge in [-0.15, -0.1) is 0 Å². The van der Waals surface area contributed by atoms with Crippen LogP contribution in [0.1, 0.15) is 0 Å². The van der Waals surface area contributed by atoms with E-state index < -0.39 is 37.2 Å². The molecule has 0 bridgehead atoms. The molecule has 0 heterocycles. The number of hydrogen-bond acceptors (Lipinski definition) is 2. The number of benzene rings is 1. The van der Waals surface area contributed by atoms with E-state index in [4.69, 9.17) is 0 Å². The van der Waals surface area contributed by atoms with Crippen molar-refractivity contribution in [3.8, 4) is 0 Å². The summed E-state index contributed by atoms with van der Waals surface area (Å²) in [6.07, 6.45) is -3.81. The van der Waals surface area contributed by atoms with Crippen molar-refractivity contribution in [2.45, 2.75) is 12.3 Å². The lowest BCUT2D eigenvalue weighted by atomic mass is 10.3. The maximum absolute atomic E-state index is 13.1. The summed E-state index contributed by atoms with van der Waals surface area (Å²) in [4.78, 5) is 11.2. The number of carbonyl (C=O) groups is 1. The van der Waals surface area contributed by atoms with Gasteiger partial charge < -0.3 is 10.6 Å². The van der Waals surface area contributed by atoms with Crippen molar-refractivity contribution >= 4 is 11.6 Å². The van der Waals surface area contributed by atoms with Crippen molar-refractivity contribution in [1.82, 2.24) is 5.32 Å². The molecule has 0 aliphatic heterocycles. The molecule has 0 aliphatic rings. The van der Waals surface area contributed by atoms with Gasteiger partial charge in [0, 0.05) is 0 Å². The highest BCUT2D eigenvalue weighted by Crippen LogP contribution is 2.21. The molecule has 0 atom stereocenters. The molecule has 1 amide bonds. The summed E-state index contributed by atoms with van der Waals surface area (Å²) in [7, 11) is 0. The van der Waals surface area contributed by atoms with Gasteiger partial charge in [0.2, 0.25) is 5.91 Å². The second kappa shape index (κ2) is 6.46. The van der Waals surface area contributed by atoms with Crippen LogP contribution in [-0.4, -0.2) is 31.3 Å². The summed E-state index contributed by atoms with van der Waals surface area (Å²) in [5.74, 6) is -5.71. The lowest BCUT2D eigenvalue weighted by Crippen LogP contribution is -2.41. The van der Waals surface area contributed by atoms with Crippen LogP contribution in [0.2, 0.25) is 0 Å². The van der Waals surface area contributed by atoms with Gasteiger partial charge in [-0.1, -0.05) is 12.1 Å². The second-order valence-electron chi connectivity index (χ2n) is 3.69. The van der Waals surface area contributed by atoms with Gasteiger partial charge in [0.05, 0.1) is 18.8 Å². The molecule has 19 heavy (non-hydrogen) atoms. The Morgan fingerprint density at radius 3 is 2.47 bits per heavy atom. The van der Waals surface area contributed by atoms with Crippen molar-refractivity contribution in [2.24, 2.45) is 0 Å². The largest absolute Gasteiger partial charge is 0.322 e. The smallest absolute Gasteiger partial charge is 0.319 e. The van der Waals surface area contributed by atoms with Crippen LogP contribution < -0.4 is 10.6 Å². The number of nitrogens with one attached hydrogen (secondary N) is 2. The number of carbonyl (C=O) groups excluding carboxylic acids is 1. The SMILES string of the molecule is O=C(CNCC(F)(F)C(F)F)Nc1ccccc1F. The van der Waals surface area contributed by atoms with E-state index in [1.54, 1.807) is 0 Å². The molecule has 0 unspecified atom stereocenters. The number of para-hydroxylation sites is 1. The second-order valence-corrected chi connectivity index (χ2v) is 3.69. The predicted octanol–water partition coefficient (Wildman–Crippen LogP) is 2.25. The molecule has 0 aliphatic carbocycles. The Bertz CT molecular complexity index is 439. The molecule has 0 aromatic heterocycles. The number of alkyl halides is 4. The Morgan fingerprint density at radius 1 is 1.26 bits per heavy atom. The van der Waals surface area contributed by atoms with Crippen LogP contribution >= 0.6 is 0 Å². The molecule has 3 nitrogen and oxygen atoms in total. The molecule has 106 valence electrons. The van der Waals surface area contributed by atoms with Crippen LogP contribution in [-0.2, 0) is 4.79 Å². The third-order valence-corrected chi connectivity index (χ3v) is 2.11. The molecule has 1 aromatic carbocycles. The van der Waals surface area contributed by atoms with Crippen LogP contribution in [0.3, 0.4) is 0 Å². The molecule has 2 N–H and O–H groups in total. The van der Waals surface area contributed by atoms with Crippen molar-refractivity contribution in [2.75, 3.05) is 18.4 Å². The molecule has 1 aromatic rings. The highest BCUT2D eigenvalue weighted by Gasteiger charge is 2.40. The van der Waals surface area contributed by atoms with Gasteiger partial charge in [0.25, 0.3) is 0 Å². The minimum Gasteiger partial charge on any atom is -0.322 e. The zero-order valence-corrected chi connectivity index (χ0v) is 9.60. The summed E-state index contributed by atoms with van der Waals surface area (Å²) in [6.45, 7) is -1.97. The van der Waals surface area contributed by atoms with Gasteiger partial charge in [-0.3, -0.25) is 4.79 Å². The summed E-state index contributed by atoms with van der Waals surface area (Å²) in [5, 5.41) is 4.00. The number of amides is 1. The number of hydrogen-bond donors (Lipinski definition) is 2. The molecule has 0 fully saturated rings. The summed E-state index contributed by atoms with van der Waals surface area (Å²) in [5.41, 5.74) is -0.116. The third-order valence-electron chi connectivity index (χ3n) is 2.11. The molecule has 0 saturated carbocycles. The topological polar surface area (TPSA) is 41.1 Å². The van der Waals surface area contributed by atoms with Gasteiger partial charge in [-0.2, -0.15) is 8.78 Å². The Kier molecular flexibility index (Phi) is 5.22. The summed E-state index contributed by atoms with van der Waals surface area (Å²) < 4.78 is 61.7. The first kappa shape index (κ1) is 15.4. The number of rotatable bonds is 6.